The van der Waals surface area contributed by atoms with Crippen LogP contribution in [0.1, 0.15) is 52.9 Å². The fourth-order valence-electron chi connectivity index (χ4n) is 5.66. The molecule has 1 saturated heterocycles. The number of allylic oxidation sites excluding steroid dienone is 2. The smallest absolute Gasteiger partial charge is 0.222 e. The summed E-state index contributed by atoms with van der Waals surface area (Å²) < 4.78 is 12.8. The van der Waals surface area contributed by atoms with Gasteiger partial charge in [0.05, 0.1) is 19.0 Å². The molecular weight excluding hydrogens is 354 g/mol. The minimum atomic E-state index is -0.868. The van der Waals surface area contributed by atoms with Crippen molar-refractivity contribution in [3.05, 3.63) is 36.1 Å². The summed E-state index contributed by atoms with van der Waals surface area (Å²) in [5.74, 6) is -0.991. The molecule has 1 saturated carbocycles. The first-order valence-corrected chi connectivity index (χ1v) is 10.4. The summed E-state index contributed by atoms with van der Waals surface area (Å²) in [6, 6.07) is 0. The van der Waals surface area contributed by atoms with Crippen molar-refractivity contribution in [3.8, 4) is 0 Å². The third-order valence-electron chi connectivity index (χ3n) is 7.07. The largest absolute Gasteiger partial charge is 0.469 e. The summed E-state index contributed by atoms with van der Waals surface area (Å²) in [5.41, 5.74) is 1.28. The molecule has 2 aliphatic carbocycles. The summed E-state index contributed by atoms with van der Waals surface area (Å²) in [6.45, 7) is 10.8. The zero-order chi connectivity index (χ0) is 20.7. The number of rotatable bonds is 7. The predicted octanol–water partition coefficient (Wildman–Crippen LogP) is 3.80. The van der Waals surface area contributed by atoms with Gasteiger partial charge in [-0.05, 0) is 31.8 Å². The van der Waals surface area contributed by atoms with E-state index in [2.05, 4.69) is 33.4 Å². The first kappa shape index (κ1) is 21.1. The topological polar surface area (TPSA) is 59.0 Å². The lowest BCUT2D eigenvalue weighted by Gasteiger charge is -2.46. The molecule has 1 heterocycles. The quantitative estimate of drug-likeness (QED) is 0.531. The molecule has 0 spiro atoms. The lowest BCUT2D eigenvalue weighted by Crippen LogP contribution is -2.51. The summed E-state index contributed by atoms with van der Waals surface area (Å²) >= 11 is 0. The molecule has 5 nitrogen and oxygen atoms in total. The van der Waals surface area contributed by atoms with E-state index in [0.29, 0.717) is 25.9 Å². The first-order chi connectivity index (χ1) is 13.2. The van der Waals surface area contributed by atoms with Gasteiger partial charge >= 0.3 is 0 Å². The summed E-state index contributed by atoms with van der Waals surface area (Å²) in [7, 11) is 3.53. The molecule has 3 rings (SSSR count). The van der Waals surface area contributed by atoms with Crippen molar-refractivity contribution in [2.24, 2.45) is 16.7 Å². The SMILES string of the molecule is C=C[C@]1(CC(=O)N(C)C)C[C@@H](O)[C@]23C=C(C)C[C@](OC=C(CC)CC)(OC2)[C@H]13. The van der Waals surface area contributed by atoms with Gasteiger partial charge in [0, 0.05) is 43.7 Å². The van der Waals surface area contributed by atoms with Crippen molar-refractivity contribution in [2.75, 3.05) is 20.7 Å². The van der Waals surface area contributed by atoms with Gasteiger partial charge in [-0.2, -0.15) is 0 Å². The first-order valence-electron chi connectivity index (χ1n) is 10.4. The second kappa shape index (κ2) is 7.34. The molecule has 3 aliphatic rings. The van der Waals surface area contributed by atoms with Gasteiger partial charge in [-0.1, -0.05) is 31.6 Å². The highest BCUT2D eigenvalue weighted by atomic mass is 16.7. The van der Waals surface area contributed by atoms with E-state index < -0.39 is 22.7 Å². The number of ether oxygens (including phenoxy) is 2. The minimum absolute atomic E-state index is 0.0309. The molecule has 2 bridgehead atoms. The molecule has 0 aromatic rings. The Hall–Kier alpha value is -1.59. The van der Waals surface area contributed by atoms with E-state index in [1.54, 1.807) is 19.0 Å². The second-order valence-corrected chi connectivity index (χ2v) is 9.04. The highest BCUT2D eigenvalue weighted by molar-refractivity contribution is 5.77. The third-order valence-corrected chi connectivity index (χ3v) is 7.07. The van der Waals surface area contributed by atoms with Crippen LogP contribution in [0.25, 0.3) is 0 Å². The number of hydrogen-bond acceptors (Lipinski definition) is 4. The zero-order valence-electron chi connectivity index (χ0n) is 18.0. The minimum Gasteiger partial charge on any atom is -0.469 e. The van der Waals surface area contributed by atoms with Gasteiger partial charge in [0.2, 0.25) is 11.7 Å². The van der Waals surface area contributed by atoms with E-state index in [1.807, 2.05) is 12.3 Å². The van der Waals surface area contributed by atoms with Crippen LogP contribution in [0.3, 0.4) is 0 Å². The molecule has 0 aromatic carbocycles. The maximum atomic E-state index is 12.7. The lowest BCUT2D eigenvalue weighted by atomic mass is 9.61. The Morgan fingerprint density at radius 1 is 1.43 bits per heavy atom. The van der Waals surface area contributed by atoms with Gasteiger partial charge in [-0.3, -0.25) is 4.79 Å². The van der Waals surface area contributed by atoms with Crippen molar-refractivity contribution in [1.82, 2.24) is 4.90 Å². The van der Waals surface area contributed by atoms with Crippen LogP contribution < -0.4 is 0 Å². The second-order valence-electron chi connectivity index (χ2n) is 9.04. The monoisotopic (exact) mass is 389 g/mol. The van der Waals surface area contributed by atoms with Crippen molar-refractivity contribution >= 4 is 5.91 Å². The van der Waals surface area contributed by atoms with E-state index in [0.717, 1.165) is 18.4 Å². The molecule has 5 heteroatoms. The molecule has 156 valence electrons. The molecule has 5 atom stereocenters. The summed E-state index contributed by atoms with van der Waals surface area (Å²) in [5, 5.41) is 11.2. The fourth-order valence-corrected chi connectivity index (χ4v) is 5.66. The molecule has 0 unspecified atom stereocenters. The van der Waals surface area contributed by atoms with E-state index in [-0.39, 0.29) is 11.8 Å². The number of carbonyl (C=O) groups excluding carboxylic acids is 1. The van der Waals surface area contributed by atoms with Crippen LogP contribution in [0.4, 0.5) is 0 Å². The summed E-state index contributed by atoms with van der Waals surface area (Å²) in [6.07, 6.45) is 8.57. The van der Waals surface area contributed by atoms with Crippen molar-refractivity contribution in [1.29, 1.82) is 0 Å². The molecule has 28 heavy (non-hydrogen) atoms. The molecule has 1 amide bonds. The third kappa shape index (κ3) is 3.03. The Morgan fingerprint density at radius 3 is 2.68 bits per heavy atom. The Bertz CT molecular complexity index is 705. The summed E-state index contributed by atoms with van der Waals surface area (Å²) in [4.78, 5) is 14.3. The van der Waals surface area contributed by atoms with E-state index in [4.69, 9.17) is 9.47 Å². The van der Waals surface area contributed by atoms with Crippen LogP contribution >= 0.6 is 0 Å². The maximum Gasteiger partial charge on any atom is 0.222 e. The number of aliphatic hydroxyl groups excluding tert-OH is 1. The van der Waals surface area contributed by atoms with Crippen LogP contribution in [-0.2, 0) is 14.3 Å². The van der Waals surface area contributed by atoms with Crippen molar-refractivity contribution in [3.63, 3.8) is 0 Å². The van der Waals surface area contributed by atoms with Gasteiger partial charge in [-0.15, -0.1) is 6.58 Å². The zero-order valence-corrected chi connectivity index (χ0v) is 18.0. The molecule has 1 N–H and O–H groups in total. The van der Waals surface area contributed by atoms with Crippen LogP contribution in [0.15, 0.2) is 36.1 Å². The van der Waals surface area contributed by atoms with Crippen LogP contribution in [0, 0.1) is 16.7 Å². The van der Waals surface area contributed by atoms with Crippen LogP contribution in [-0.4, -0.2) is 48.5 Å². The Kier molecular flexibility index (Phi) is 5.54. The maximum absolute atomic E-state index is 12.7. The fraction of sp³-hybridized carbons (Fsp3) is 0.696. The van der Waals surface area contributed by atoms with E-state index in [1.165, 1.54) is 5.57 Å². The van der Waals surface area contributed by atoms with Gasteiger partial charge < -0.3 is 19.5 Å². The lowest BCUT2D eigenvalue weighted by molar-refractivity contribution is -0.216. The molecule has 1 aliphatic heterocycles. The number of amides is 1. The number of carbonyl (C=O) groups is 1. The Morgan fingerprint density at radius 2 is 2.11 bits per heavy atom. The van der Waals surface area contributed by atoms with Crippen molar-refractivity contribution < 1.29 is 19.4 Å². The molecule has 0 aromatic heterocycles. The van der Waals surface area contributed by atoms with E-state index in [9.17, 15) is 9.90 Å². The highest BCUT2D eigenvalue weighted by Crippen LogP contribution is 2.69. The number of aliphatic hydroxyl groups is 1. The van der Waals surface area contributed by atoms with Crippen LogP contribution in [0.5, 0.6) is 0 Å². The molecule has 0 radical (unpaired) electrons. The highest BCUT2D eigenvalue weighted by Gasteiger charge is 2.74. The van der Waals surface area contributed by atoms with E-state index >= 15 is 0 Å². The number of hydrogen-bond donors (Lipinski definition) is 1. The average Bonchev–Trinajstić information content (AvgIpc) is 3.03. The van der Waals surface area contributed by atoms with Crippen molar-refractivity contribution in [2.45, 2.75) is 64.8 Å². The molecule has 2 fully saturated rings. The van der Waals surface area contributed by atoms with Gasteiger partial charge in [-0.25, -0.2) is 0 Å². The Labute approximate surface area is 169 Å². The van der Waals surface area contributed by atoms with Gasteiger partial charge in [0.15, 0.2) is 0 Å². The standard InChI is InChI=1S/C23H35NO4/c1-7-17(8-2)14-27-23-11-16(4)10-22(15-28-23)18(25)12-21(9-3,20(22)23)13-19(26)24(5)6/h9-10,14,18,20,25H,3,7-8,11-13,15H2,1-2,4-6H3/t18-,20-,21-,22+,23+/m1/s1. The van der Waals surface area contributed by atoms with Gasteiger partial charge in [0.25, 0.3) is 0 Å². The predicted molar refractivity (Wildman–Crippen MR) is 109 cm³/mol. The van der Waals surface area contributed by atoms with Crippen LogP contribution in [0.2, 0.25) is 0 Å². The van der Waals surface area contributed by atoms with Gasteiger partial charge in [0.1, 0.15) is 0 Å². The number of nitrogens with zero attached hydrogens (tertiary/aromatic N) is 1. The average molecular weight is 390 g/mol. The molecular formula is C23H35NO4. The normalized spacial score (nSPS) is 38.4. The Balaban J connectivity index is 2.09.